The van der Waals surface area contributed by atoms with Crippen LogP contribution in [-0.4, -0.2) is 40.8 Å². The normalized spacial score (nSPS) is 18.7. The zero-order valence-electron chi connectivity index (χ0n) is 13.3. The van der Waals surface area contributed by atoms with Gasteiger partial charge >= 0.3 is 0 Å². The molecule has 0 amide bonds. The third kappa shape index (κ3) is 3.33. The third-order valence-electron chi connectivity index (χ3n) is 4.37. The number of nitrogens with one attached hydrogen (secondary N) is 1. The largest absolute Gasteiger partial charge is 0.366 e. The van der Waals surface area contributed by atoms with Gasteiger partial charge in [-0.05, 0) is 44.3 Å². The number of aromatic nitrogens is 2. The van der Waals surface area contributed by atoms with E-state index in [9.17, 15) is 5.26 Å². The van der Waals surface area contributed by atoms with Gasteiger partial charge in [0.25, 0.3) is 0 Å². The standard InChI is InChI=1S/C16H25N5/c1-4-13-14(10-17)16(20-19-15(13)5-2)18-11-12-8-7-9-21(12)6-3/h12H,4-9,11H2,1-3H3,(H,18,20). The molecule has 0 radical (unpaired) electrons. The van der Waals surface area contributed by atoms with Gasteiger partial charge in [0.2, 0.25) is 0 Å². The first-order chi connectivity index (χ1) is 10.2. The number of rotatable bonds is 6. The Morgan fingerprint density at radius 2 is 2.10 bits per heavy atom. The first-order valence-electron chi connectivity index (χ1n) is 8.01. The number of nitriles is 1. The second-order valence-electron chi connectivity index (χ2n) is 5.47. The van der Waals surface area contributed by atoms with Crippen LogP contribution in [0.1, 0.15) is 50.4 Å². The average molecular weight is 287 g/mol. The molecule has 0 saturated carbocycles. The summed E-state index contributed by atoms with van der Waals surface area (Å²) in [6.07, 6.45) is 4.11. The molecule has 1 aromatic heterocycles. The SMILES string of the molecule is CCc1nnc(NCC2CCCN2CC)c(C#N)c1CC. The molecule has 0 aromatic carbocycles. The number of anilines is 1. The summed E-state index contributed by atoms with van der Waals surface area (Å²) < 4.78 is 0. The van der Waals surface area contributed by atoms with Gasteiger partial charge in [0.05, 0.1) is 5.69 Å². The van der Waals surface area contributed by atoms with E-state index in [1.807, 2.05) is 0 Å². The molecule has 2 heterocycles. The lowest BCUT2D eigenvalue weighted by Crippen LogP contribution is -2.35. The molecule has 21 heavy (non-hydrogen) atoms. The van der Waals surface area contributed by atoms with Crippen molar-refractivity contribution in [3.8, 4) is 6.07 Å². The van der Waals surface area contributed by atoms with Crippen molar-refractivity contribution in [3.05, 3.63) is 16.8 Å². The molecule has 1 unspecified atom stereocenters. The number of nitrogens with zero attached hydrogens (tertiary/aromatic N) is 4. The lowest BCUT2D eigenvalue weighted by atomic mass is 10.0. The number of hydrogen-bond acceptors (Lipinski definition) is 5. The van der Waals surface area contributed by atoms with Crippen molar-refractivity contribution in [2.24, 2.45) is 0 Å². The summed E-state index contributed by atoms with van der Waals surface area (Å²) in [5.41, 5.74) is 2.65. The van der Waals surface area contributed by atoms with E-state index >= 15 is 0 Å². The van der Waals surface area contributed by atoms with Crippen LogP contribution in [0.15, 0.2) is 0 Å². The molecule has 1 aliphatic rings. The van der Waals surface area contributed by atoms with Crippen LogP contribution in [0.3, 0.4) is 0 Å². The number of likely N-dealkylation sites (tertiary alicyclic amines) is 1. The maximum Gasteiger partial charge on any atom is 0.167 e. The van der Waals surface area contributed by atoms with Gasteiger partial charge in [-0.15, -0.1) is 5.10 Å². The van der Waals surface area contributed by atoms with Gasteiger partial charge in [-0.1, -0.05) is 20.8 Å². The third-order valence-corrected chi connectivity index (χ3v) is 4.37. The van der Waals surface area contributed by atoms with Gasteiger partial charge < -0.3 is 5.32 Å². The predicted molar refractivity (Wildman–Crippen MR) is 84.3 cm³/mol. The van der Waals surface area contributed by atoms with Crippen LogP contribution in [0.2, 0.25) is 0 Å². The van der Waals surface area contributed by atoms with Crippen molar-refractivity contribution >= 4 is 5.82 Å². The fourth-order valence-electron chi connectivity index (χ4n) is 3.17. The lowest BCUT2D eigenvalue weighted by molar-refractivity contribution is 0.277. The molecular formula is C16H25N5. The molecule has 5 nitrogen and oxygen atoms in total. The average Bonchev–Trinajstić information content (AvgIpc) is 2.99. The number of aryl methyl sites for hydroxylation is 1. The smallest absolute Gasteiger partial charge is 0.167 e. The first-order valence-corrected chi connectivity index (χ1v) is 8.01. The van der Waals surface area contributed by atoms with Crippen molar-refractivity contribution in [2.45, 2.75) is 52.5 Å². The van der Waals surface area contributed by atoms with Crippen molar-refractivity contribution in [1.29, 1.82) is 5.26 Å². The van der Waals surface area contributed by atoms with Crippen molar-refractivity contribution in [2.75, 3.05) is 25.0 Å². The van der Waals surface area contributed by atoms with Crippen molar-refractivity contribution in [1.82, 2.24) is 15.1 Å². The van der Waals surface area contributed by atoms with Gasteiger partial charge in [-0.3, -0.25) is 4.90 Å². The van der Waals surface area contributed by atoms with Gasteiger partial charge in [-0.25, -0.2) is 0 Å². The molecule has 2 rings (SSSR count). The summed E-state index contributed by atoms with van der Waals surface area (Å²) in [5, 5.41) is 21.4. The Morgan fingerprint density at radius 3 is 2.71 bits per heavy atom. The highest BCUT2D eigenvalue weighted by atomic mass is 15.2. The van der Waals surface area contributed by atoms with Crippen LogP contribution in [-0.2, 0) is 12.8 Å². The first kappa shape index (κ1) is 15.7. The van der Waals surface area contributed by atoms with Crippen LogP contribution in [0.25, 0.3) is 0 Å². The molecule has 0 bridgehead atoms. The number of likely N-dealkylation sites (N-methyl/N-ethyl adjacent to an activating group) is 1. The highest BCUT2D eigenvalue weighted by Gasteiger charge is 2.23. The summed E-state index contributed by atoms with van der Waals surface area (Å²) in [7, 11) is 0. The summed E-state index contributed by atoms with van der Waals surface area (Å²) in [6.45, 7) is 9.41. The van der Waals surface area contributed by atoms with E-state index in [4.69, 9.17) is 0 Å². The molecule has 1 aliphatic heterocycles. The Hall–Kier alpha value is -1.67. The molecule has 0 spiro atoms. The minimum Gasteiger partial charge on any atom is -0.366 e. The van der Waals surface area contributed by atoms with Crippen LogP contribution in [0, 0.1) is 11.3 Å². The highest BCUT2D eigenvalue weighted by Crippen LogP contribution is 2.21. The minimum absolute atomic E-state index is 0.541. The Kier molecular flexibility index (Phi) is 5.51. The second kappa shape index (κ2) is 7.37. The lowest BCUT2D eigenvalue weighted by Gasteiger charge is -2.23. The molecule has 1 fully saturated rings. The van der Waals surface area contributed by atoms with Crippen LogP contribution in [0.4, 0.5) is 5.82 Å². The van der Waals surface area contributed by atoms with Crippen LogP contribution < -0.4 is 5.32 Å². The number of hydrogen-bond donors (Lipinski definition) is 1. The second-order valence-corrected chi connectivity index (χ2v) is 5.47. The van der Waals surface area contributed by atoms with E-state index in [0.717, 1.165) is 37.2 Å². The van der Waals surface area contributed by atoms with E-state index in [0.29, 0.717) is 17.4 Å². The van der Waals surface area contributed by atoms with Crippen LogP contribution >= 0.6 is 0 Å². The Labute approximate surface area is 127 Å². The quantitative estimate of drug-likeness (QED) is 0.870. The van der Waals surface area contributed by atoms with Gasteiger partial charge in [0.15, 0.2) is 5.82 Å². The molecule has 0 aliphatic carbocycles. The molecule has 1 N–H and O–H groups in total. The topological polar surface area (TPSA) is 64.8 Å². The maximum atomic E-state index is 9.47. The molecule has 114 valence electrons. The summed E-state index contributed by atoms with van der Waals surface area (Å²) >= 11 is 0. The van der Waals surface area contributed by atoms with E-state index in [-0.39, 0.29) is 0 Å². The Balaban J connectivity index is 2.15. The zero-order valence-corrected chi connectivity index (χ0v) is 13.3. The molecule has 1 aromatic rings. The van der Waals surface area contributed by atoms with Crippen molar-refractivity contribution < 1.29 is 0 Å². The monoisotopic (exact) mass is 287 g/mol. The molecular weight excluding hydrogens is 262 g/mol. The highest BCUT2D eigenvalue weighted by molar-refractivity contribution is 5.56. The fraction of sp³-hybridized carbons (Fsp3) is 0.688. The van der Waals surface area contributed by atoms with Gasteiger partial charge in [0, 0.05) is 12.6 Å². The Morgan fingerprint density at radius 1 is 1.29 bits per heavy atom. The molecule has 5 heteroatoms. The summed E-state index contributed by atoms with van der Waals surface area (Å²) in [6, 6.07) is 2.85. The van der Waals surface area contributed by atoms with E-state index < -0.39 is 0 Å². The van der Waals surface area contributed by atoms with E-state index in [2.05, 4.69) is 47.3 Å². The van der Waals surface area contributed by atoms with Gasteiger partial charge in [0.1, 0.15) is 11.6 Å². The molecule has 1 atom stereocenters. The van der Waals surface area contributed by atoms with Crippen molar-refractivity contribution in [3.63, 3.8) is 0 Å². The minimum atomic E-state index is 0.541. The maximum absolute atomic E-state index is 9.47. The van der Waals surface area contributed by atoms with E-state index in [1.54, 1.807) is 0 Å². The Bertz CT molecular complexity index is 520. The molecule has 1 saturated heterocycles. The zero-order chi connectivity index (χ0) is 15.2. The van der Waals surface area contributed by atoms with Gasteiger partial charge in [-0.2, -0.15) is 10.4 Å². The summed E-state index contributed by atoms with van der Waals surface area (Å²) in [5.74, 6) is 0.648. The van der Waals surface area contributed by atoms with E-state index in [1.165, 1.54) is 19.4 Å². The summed E-state index contributed by atoms with van der Waals surface area (Å²) in [4.78, 5) is 2.48. The fourth-order valence-corrected chi connectivity index (χ4v) is 3.17. The predicted octanol–water partition coefficient (Wildman–Crippen LogP) is 2.37. The van der Waals surface area contributed by atoms with Crippen LogP contribution in [0.5, 0.6) is 0 Å².